The molecule has 0 spiro atoms. The summed E-state index contributed by atoms with van der Waals surface area (Å²) in [7, 11) is 0. The minimum absolute atomic E-state index is 0.833. The van der Waals surface area contributed by atoms with E-state index in [0.29, 0.717) is 0 Å². The Labute approximate surface area is 109 Å². The summed E-state index contributed by atoms with van der Waals surface area (Å²) in [5.41, 5.74) is 0. The van der Waals surface area contributed by atoms with Crippen LogP contribution < -0.4 is 0 Å². The van der Waals surface area contributed by atoms with E-state index in [1.807, 2.05) is 0 Å². The topological polar surface area (TPSA) is 9.23 Å². The molecule has 0 bridgehead atoms. The van der Waals surface area contributed by atoms with Crippen molar-refractivity contribution in [2.75, 3.05) is 13.2 Å². The van der Waals surface area contributed by atoms with Gasteiger partial charge in [0.25, 0.3) is 0 Å². The van der Waals surface area contributed by atoms with Crippen LogP contribution in [-0.4, -0.2) is 13.2 Å². The predicted octanol–water partition coefficient (Wildman–Crippen LogP) is 5.15. The van der Waals surface area contributed by atoms with Crippen LogP contribution in [0.1, 0.15) is 67.2 Å². The number of hydrogen-bond acceptors (Lipinski definition) is 1. The average molecular weight is 242 g/mol. The third kappa shape index (κ3) is 10.8. The highest BCUT2D eigenvalue weighted by molar-refractivity contribution is 4.69. The van der Waals surface area contributed by atoms with E-state index in [9.17, 15) is 0 Å². The van der Waals surface area contributed by atoms with Gasteiger partial charge in [0, 0.05) is 5.92 Å². The van der Waals surface area contributed by atoms with Gasteiger partial charge in [0.2, 0.25) is 0 Å². The summed E-state index contributed by atoms with van der Waals surface area (Å²) < 4.78 is 4.83. The van der Waals surface area contributed by atoms with Crippen molar-refractivity contribution in [1.82, 2.24) is 0 Å². The molecular weight excluding hydrogens is 208 g/mol. The monoisotopic (exact) mass is 242 g/mol. The Morgan fingerprint density at radius 3 is 1.35 bits per heavy atom. The van der Waals surface area contributed by atoms with E-state index in [4.69, 9.17) is 4.74 Å². The van der Waals surface area contributed by atoms with Crippen LogP contribution in [0.15, 0.2) is 0 Å². The fourth-order valence-electron chi connectivity index (χ4n) is 1.98. The van der Waals surface area contributed by atoms with Crippen LogP contribution in [0.4, 0.5) is 0 Å². The van der Waals surface area contributed by atoms with Crippen LogP contribution in [0.2, 0.25) is 0 Å². The molecular formula is C16H34O. The van der Waals surface area contributed by atoms with E-state index in [1.165, 1.54) is 25.7 Å². The van der Waals surface area contributed by atoms with E-state index in [-0.39, 0.29) is 0 Å². The summed E-state index contributed by atoms with van der Waals surface area (Å²) in [5, 5.41) is 0. The van der Waals surface area contributed by atoms with Gasteiger partial charge < -0.3 is 4.74 Å². The second-order valence-corrected chi connectivity index (χ2v) is 6.66. The average Bonchev–Trinajstić information content (AvgIpc) is 2.67. The first-order valence-electron chi connectivity index (χ1n) is 7.51. The largest absolute Gasteiger partial charge is 0.381 e. The van der Waals surface area contributed by atoms with Gasteiger partial charge in [0.1, 0.15) is 0 Å². The van der Waals surface area contributed by atoms with Crippen LogP contribution in [-0.2, 0) is 4.74 Å². The Kier molecular flexibility index (Phi) is 9.91. The van der Waals surface area contributed by atoms with Crippen LogP contribution in [0.3, 0.4) is 0 Å². The first-order chi connectivity index (χ1) is 7.93. The fraction of sp³-hybridized carbons (Fsp3) is 1.00. The van der Waals surface area contributed by atoms with E-state index in [2.05, 4.69) is 41.5 Å². The van der Waals surface area contributed by atoms with Crippen molar-refractivity contribution >= 4 is 0 Å². The van der Waals surface area contributed by atoms with Crippen molar-refractivity contribution in [2.24, 2.45) is 23.7 Å². The number of hydrogen-bond donors (Lipinski definition) is 0. The van der Waals surface area contributed by atoms with Crippen molar-refractivity contribution in [3.8, 4) is 0 Å². The molecule has 17 heavy (non-hydrogen) atoms. The highest BCUT2D eigenvalue weighted by Crippen LogP contribution is 2.30. The highest BCUT2D eigenvalue weighted by atomic mass is 16.5. The lowest BCUT2D eigenvalue weighted by Gasteiger charge is -2.20. The molecule has 0 unspecified atom stereocenters. The van der Waals surface area contributed by atoms with Gasteiger partial charge in [-0.15, -0.1) is 0 Å². The van der Waals surface area contributed by atoms with Gasteiger partial charge >= 0.3 is 0 Å². The lowest BCUT2D eigenvalue weighted by molar-refractivity contribution is -0.0221. The van der Waals surface area contributed by atoms with Crippen molar-refractivity contribution in [1.29, 1.82) is 0 Å². The van der Waals surface area contributed by atoms with E-state index >= 15 is 0 Å². The molecule has 0 aromatic carbocycles. The molecule has 1 heteroatoms. The molecule has 1 aliphatic carbocycles. The summed E-state index contributed by atoms with van der Waals surface area (Å²) in [6, 6.07) is 0. The van der Waals surface area contributed by atoms with Gasteiger partial charge in [-0.3, -0.25) is 0 Å². The van der Waals surface area contributed by atoms with Crippen molar-refractivity contribution in [3.05, 3.63) is 0 Å². The van der Waals surface area contributed by atoms with E-state index < -0.39 is 0 Å². The summed E-state index contributed by atoms with van der Waals surface area (Å²) >= 11 is 0. The van der Waals surface area contributed by atoms with Crippen LogP contribution in [0.5, 0.6) is 0 Å². The molecule has 2 fully saturated rings. The predicted molar refractivity (Wildman–Crippen MR) is 77.3 cm³/mol. The third-order valence-electron chi connectivity index (χ3n) is 3.15. The normalized spacial score (nSPS) is 20.5. The Hall–Kier alpha value is -0.0400. The molecule has 0 amide bonds. The summed E-state index contributed by atoms with van der Waals surface area (Å²) in [4.78, 5) is 0. The molecule has 0 aromatic heterocycles. The maximum absolute atomic E-state index is 4.83. The molecule has 0 N–H and O–H groups in total. The zero-order chi connectivity index (χ0) is 13.3. The second kappa shape index (κ2) is 9.94. The zero-order valence-corrected chi connectivity index (χ0v) is 13.0. The molecule has 104 valence electrons. The van der Waals surface area contributed by atoms with Gasteiger partial charge in [0.05, 0.1) is 13.2 Å². The SMILES string of the molecule is CC(C)C.CC(C)C1CCCC1.CC1COC1. The van der Waals surface area contributed by atoms with Gasteiger partial charge in [-0.25, -0.2) is 0 Å². The summed E-state index contributed by atoms with van der Waals surface area (Å²) in [5.74, 6) is 3.68. The minimum Gasteiger partial charge on any atom is -0.381 e. The van der Waals surface area contributed by atoms with E-state index in [0.717, 1.165) is 36.9 Å². The third-order valence-corrected chi connectivity index (χ3v) is 3.15. The lowest BCUT2D eigenvalue weighted by Crippen LogP contribution is -2.23. The van der Waals surface area contributed by atoms with E-state index in [1.54, 1.807) is 0 Å². The molecule has 1 saturated heterocycles. The van der Waals surface area contributed by atoms with Gasteiger partial charge in [0.15, 0.2) is 0 Å². The van der Waals surface area contributed by atoms with Crippen molar-refractivity contribution < 1.29 is 4.74 Å². The standard InChI is InChI=1S/C8H16.C4H8O.C4H10/c1-7(2)8-5-3-4-6-8;1-4-2-5-3-4;1-4(2)3/h7-8H,3-6H2,1-2H3;4H,2-3H2,1H3;4H,1-3H3. The molecule has 1 nitrogen and oxygen atoms in total. The van der Waals surface area contributed by atoms with Crippen LogP contribution >= 0.6 is 0 Å². The number of rotatable bonds is 1. The molecule has 1 saturated carbocycles. The molecule has 1 heterocycles. The lowest BCUT2D eigenvalue weighted by atomic mass is 9.95. The molecule has 2 aliphatic rings. The first kappa shape index (κ1) is 17.0. The molecule has 1 aliphatic heterocycles. The minimum atomic E-state index is 0.833. The number of ether oxygens (including phenoxy) is 1. The Morgan fingerprint density at radius 1 is 0.882 bits per heavy atom. The molecule has 0 aromatic rings. The zero-order valence-electron chi connectivity index (χ0n) is 13.0. The molecule has 0 atom stereocenters. The Bertz CT molecular complexity index is 150. The highest BCUT2D eigenvalue weighted by Gasteiger charge is 2.17. The Balaban J connectivity index is 0.000000246. The van der Waals surface area contributed by atoms with Gasteiger partial charge in [-0.05, 0) is 17.8 Å². The van der Waals surface area contributed by atoms with Crippen molar-refractivity contribution in [2.45, 2.75) is 67.2 Å². The van der Waals surface area contributed by atoms with Crippen LogP contribution in [0.25, 0.3) is 0 Å². The molecule has 0 radical (unpaired) electrons. The van der Waals surface area contributed by atoms with Crippen LogP contribution in [0, 0.1) is 23.7 Å². The second-order valence-electron chi connectivity index (χ2n) is 6.66. The van der Waals surface area contributed by atoms with Gasteiger partial charge in [-0.2, -0.15) is 0 Å². The smallest absolute Gasteiger partial charge is 0.0513 e. The maximum Gasteiger partial charge on any atom is 0.0513 e. The summed E-state index contributed by atoms with van der Waals surface area (Å²) in [6.45, 7) is 15.3. The quantitative estimate of drug-likeness (QED) is 0.618. The van der Waals surface area contributed by atoms with Crippen molar-refractivity contribution in [3.63, 3.8) is 0 Å². The fourth-order valence-corrected chi connectivity index (χ4v) is 1.98. The molecule has 2 rings (SSSR count). The van der Waals surface area contributed by atoms with Gasteiger partial charge in [-0.1, -0.05) is 67.2 Å². The summed E-state index contributed by atoms with van der Waals surface area (Å²) in [6.07, 6.45) is 5.97. The maximum atomic E-state index is 4.83. The first-order valence-corrected chi connectivity index (χ1v) is 7.51. The Morgan fingerprint density at radius 2 is 1.24 bits per heavy atom.